The monoisotopic (exact) mass is 355 g/mol. The second-order valence-corrected chi connectivity index (χ2v) is 6.23. The van der Waals surface area contributed by atoms with Crippen LogP contribution in [0.1, 0.15) is 6.92 Å². The van der Waals surface area contributed by atoms with Crippen LogP contribution in [0.2, 0.25) is 0 Å². The predicted molar refractivity (Wildman–Crippen MR) is 106 cm³/mol. The molecule has 1 aromatic carbocycles. The number of para-hydroxylation sites is 1. The van der Waals surface area contributed by atoms with Crippen LogP contribution >= 0.6 is 0 Å². The van der Waals surface area contributed by atoms with E-state index < -0.39 is 0 Å². The molecule has 27 heavy (non-hydrogen) atoms. The third-order valence-electron chi connectivity index (χ3n) is 4.60. The summed E-state index contributed by atoms with van der Waals surface area (Å²) in [5, 5.41) is 16.9. The fraction of sp³-hybridized carbons (Fsp3) is 0.100. The Balaban J connectivity index is 1.57. The molecule has 0 aliphatic heterocycles. The SMILES string of the molecule is CCn1nccc1-c1cccc2cc(Nc3[nH]nc4ncccc34)cnc12. The van der Waals surface area contributed by atoms with Gasteiger partial charge in [0, 0.05) is 29.9 Å². The summed E-state index contributed by atoms with van der Waals surface area (Å²) in [6, 6.07) is 14.2. The van der Waals surface area contributed by atoms with Gasteiger partial charge in [-0.1, -0.05) is 18.2 Å². The Bertz CT molecular complexity index is 1250. The van der Waals surface area contributed by atoms with Crippen molar-refractivity contribution in [2.45, 2.75) is 13.5 Å². The van der Waals surface area contributed by atoms with Gasteiger partial charge < -0.3 is 5.32 Å². The standard InChI is InChI=1S/C20H17N7/c1-2-27-17(8-10-23-27)15-6-3-5-13-11-14(12-22-18(13)15)24-20-16-7-4-9-21-19(16)25-26-20/h3-12H,2H2,1H3,(H2,21,24,25,26). The van der Waals surface area contributed by atoms with Gasteiger partial charge >= 0.3 is 0 Å². The number of benzene rings is 1. The second-order valence-electron chi connectivity index (χ2n) is 6.23. The predicted octanol–water partition coefficient (Wildman–Crippen LogP) is 4.13. The lowest BCUT2D eigenvalue weighted by Crippen LogP contribution is -1.99. The maximum absolute atomic E-state index is 4.72. The Kier molecular flexibility index (Phi) is 3.57. The van der Waals surface area contributed by atoms with E-state index in [9.17, 15) is 0 Å². The second kappa shape index (κ2) is 6.21. The Labute approximate surface area is 155 Å². The number of aromatic nitrogens is 6. The van der Waals surface area contributed by atoms with Gasteiger partial charge in [0.15, 0.2) is 5.65 Å². The lowest BCUT2D eigenvalue weighted by atomic mass is 10.1. The maximum Gasteiger partial charge on any atom is 0.183 e. The number of fused-ring (bicyclic) bond motifs is 2. The zero-order chi connectivity index (χ0) is 18.2. The highest BCUT2D eigenvalue weighted by atomic mass is 15.3. The fourth-order valence-corrected chi connectivity index (χ4v) is 3.34. The van der Waals surface area contributed by atoms with E-state index in [1.54, 1.807) is 6.20 Å². The van der Waals surface area contributed by atoms with E-state index in [4.69, 9.17) is 4.98 Å². The van der Waals surface area contributed by atoms with Gasteiger partial charge in [0.2, 0.25) is 0 Å². The molecule has 0 aliphatic rings. The van der Waals surface area contributed by atoms with Crippen LogP contribution in [0.4, 0.5) is 11.5 Å². The van der Waals surface area contributed by atoms with Crippen LogP contribution in [0, 0.1) is 0 Å². The van der Waals surface area contributed by atoms with Gasteiger partial charge in [-0.15, -0.1) is 0 Å². The summed E-state index contributed by atoms with van der Waals surface area (Å²) in [6.45, 7) is 2.90. The Hall–Kier alpha value is -3.74. The molecular formula is C20H17N7. The molecule has 0 spiro atoms. The van der Waals surface area contributed by atoms with Crippen LogP contribution in [0.25, 0.3) is 33.2 Å². The number of nitrogens with zero attached hydrogens (tertiary/aromatic N) is 5. The quantitative estimate of drug-likeness (QED) is 0.506. The van der Waals surface area contributed by atoms with Crippen LogP contribution in [-0.4, -0.2) is 29.9 Å². The summed E-state index contributed by atoms with van der Waals surface area (Å²) in [6.07, 6.45) is 5.39. The van der Waals surface area contributed by atoms with Crippen LogP contribution in [0.5, 0.6) is 0 Å². The number of hydrogen-bond acceptors (Lipinski definition) is 5. The summed E-state index contributed by atoms with van der Waals surface area (Å²) in [5.41, 5.74) is 4.67. The van der Waals surface area contributed by atoms with Crippen molar-refractivity contribution in [2.75, 3.05) is 5.32 Å². The molecule has 2 N–H and O–H groups in total. The van der Waals surface area contributed by atoms with Crippen LogP contribution in [-0.2, 0) is 6.54 Å². The van der Waals surface area contributed by atoms with Gasteiger partial charge in [-0.05, 0) is 31.2 Å². The number of rotatable bonds is 4. The smallest absolute Gasteiger partial charge is 0.183 e. The first-order valence-electron chi connectivity index (χ1n) is 8.80. The van der Waals surface area contributed by atoms with Gasteiger partial charge in [0.1, 0.15) is 5.82 Å². The normalized spacial score (nSPS) is 11.3. The highest BCUT2D eigenvalue weighted by Gasteiger charge is 2.11. The lowest BCUT2D eigenvalue weighted by molar-refractivity contribution is 0.667. The summed E-state index contributed by atoms with van der Waals surface area (Å²) in [4.78, 5) is 8.96. The molecule has 5 rings (SSSR count). The minimum absolute atomic E-state index is 0.684. The van der Waals surface area contributed by atoms with E-state index in [1.807, 2.05) is 41.3 Å². The average Bonchev–Trinajstić information content (AvgIpc) is 3.34. The lowest BCUT2D eigenvalue weighted by Gasteiger charge is -2.10. The molecule has 7 nitrogen and oxygen atoms in total. The van der Waals surface area contributed by atoms with E-state index in [1.165, 1.54) is 0 Å². The minimum Gasteiger partial charge on any atom is -0.339 e. The zero-order valence-electron chi connectivity index (χ0n) is 14.7. The first-order valence-corrected chi connectivity index (χ1v) is 8.80. The summed E-state index contributed by atoms with van der Waals surface area (Å²) < 4.78 is 1.98. The summed E-state index contributed by atoms with van der Waals surface area (Å²) in [5.74, 6) is 0.805. The number of hydrogen-bond donors (Lipinski definition) is 2. The molecule has 5 aromatic rings. The number of nitrogens with one attached hydrogen (secondary N) is 2. The summed E-state index contributed by atoms with van der Waals surface area (Å²) >= 11 is 0. The molecule has 4 aromatic heterocycles. The molecule has 0 unspecified atom stereocenters. The van der Waals surface area contributed by atoms with Gasteiger partial charge in [-0.2, -0.15) is 10.2 Å². The van der Waals surface area contributed by atoms with Crippen LogP contribution in [0.15, 0.2) is 61.1 Å². The molecule has 0 saturated heterocycles. The van der Waals surface area contributed by atoms with Crippen molar-refractivity contribution in [1.82, 2.24) is 29.9 Å². The van der Waals surface area contributed by atoms with E-state index in [-0.39, 0.29) is 0 Å². The molecule has 7 heteroatoms. The number of aryl methyl sites for hydroxylation is 1. The maximum atomic E-state index is 4.72. The van der Waals surface area contributed by atoms with Crippen molar-refractivity contribution < 1.29 is 0 Å². The first-order chi connectivity index (χ1) is 13.3. The van der Waals surface area contributed by atoms with Crippen LogP contribution in [0.3, 0.4) is 0 Å². The Morgan fingerprint density at radius 3 is 2.96 bits per heavy atom. The van der Waals surface area contributed by atoms with Crippen molar-refractivity contribution in [3.8, 4) is 11.3 Å². The molecule has 132 valence electrons. The minimum atomic E-state index is 0.684. The van der Waals surface area contributed by atoms with Gasteiger partial charge in [0.05, 0.1) is 28.5 Å². The molecule has 0 aliphatic carbocycles. The molecule has 0 fully saturated rings. The molecule has 0 atom stereocenters. The third kappa shape index (κ3) is 2.60. The number of aromatic amines is 1. The molecule has 0 radical (unpaired) electrons. The molecular weight excluding hydrogens is 338 g/mol. The van der Waals surface area contributed by atoms with Crippen molar-refractivity contribution >= 4 is 33.4 Å². The van der Waals surface area contributed by atoms with Gasteiger partial charge in [-0.25, -0.2) is 4.98 Å². The van der Waals surface area contributed by atoms with Gasteiger partial charge in [-0.3, -0.25) is 14.8 Å². The summed E-state index contributed by atoms with van der Waals surface area (Å²) in [7, 11) is 0. The van der Waals surface area contributed by atoms with Crippen LogP contribution < -0.4 is 5.32 Å². The van der Waals surface area contributed by atoms with E-state index in [2.05, 4.69) is 50.7 Å². The number of anilines is 2. The molecule has 0 saturated carbocycles. The molecule has 0 bridgehead atoms. The topological polar surface area (TPSA) is 84.3 Å². The average molecular weight is 355 g/mol. The zero-order valence-corrected chi connectivity index (χ0v) is 14.7. The fourth-order valence-electron chi connectivity index (χ4n) is 3.34. The van der Waals surface area contributed by atoms with Crippen molar-refractivity contribution in [1.29, 1.82) is 0 Å². The highest BCUT2D eigenvalue weighted by molar-refractivity contribution is 5.95. The molecule has 4 heterocycles. The number of pyridine rings is 2. The van der Waals surface area contributed by atoms with E-state index in [0.717, 1.165) is 45.6 Å². The number of H-pyrrole nitrogens is 1. The highest BCUT2D eigenvalue weighted by Crippen LogP contribution is 2.30. The van der Waals surface area contributed by atoms with Gasteiger partial charge in [0.25, 0.3) is 0 Å². The van der Waals surface area contributed by atoms with E-state index in [0.29, 0.717) is 5.65 Å². The molecule has 0 amide bonds. The third-order valence-corrected chi connectivity index (χ3v) is 4.60. The Morgan fingerprint density at radius 2 is 2.04 bits per heavy atom. The van der Waals surface area contributed by atoms with Crippen molar-refractivity contribution in [2.24, 2.45) is 0 Å². The van der Waals surface area contributed by atoms with E-state index >= 15 is 0 Å². The largest absolute Gasteiger partial charge is 0.339 e. The van der Waals surface area contributed by atoms with Crippen molar-refractivity contribution in [3.63, 3.8) is 0 Å². The van der Waals surface area contributed by atoms with Crippen molar-refractivity contribution in [3.05, 3.63) is 61.1 Å². The first kappa shape index (κ1) is 15.5. The Morgan fingerprint density at radius 1 is 1.07 bits per heavy atom.